The predicted octanol–water partition coefficient (Wildman–Crippen LogP) is 4.34. The summed E-state index contributed by atoms with van der Waals surface area (Å²) in [6.45, 7) is 0. The average Bonchev–Trinajstić information content (AvgIpc) is 2.99. The van der Waals surface area contributed by atoms with Crippen molar-refractivity contribution < 1.29 is 19.1 Å². The molecule has 25 heavy (non-hydrogen) atoms. The first-order chi connectivity index (χ1) is 12.1. The van der Waals surface area contributed by atoms with Crippen LogP contribution in [0.2, 0.25) is 0 Å². The molecule has 2 N–H and O–H groups in total. The van der Waals surface area contributed by atoms with Crippen molar-refractivity contribution in [2.45, 2.75) is 0 Å². The third kappa shape index (κ3) is 3.56. The number of benzene rings is 2. The molecular weight excluding hydrogens is 340 g/mol. The molecule has 0 aliphatic heterocycles. The Kier molecular flexibility index (Phi) is 4.85. The standard InChI is InChI=1S/C18H16N2O4S/c1-23-15-13-10-12(8-9-14(13)25-16(15)17(21)24-2)20-18(22)19-11-6-4-3-5-7-11/h3-10H,1-2H3,(H2,19,20,22). The third-order valence-corrected chi connectivity index (χ3v) is 4.64. The summed E-state index contributed by atoms with van der Waals surface area (Å²) in [5.41, 5.74) is 1.29. The largest absolute Gasteiger partial charge is 0.494 e. The van der Waals surface area contributed by atoms with Gasteiger partial charge in [0, 0.05) is 21.5 Å². The van der Waals surface area contributed by atoms with E-state index in [1.807, 2.05) is 24.3 Å². The third-order valence-electron chi connectivity index (χ3n) is 3.51. The summed E-state index contributed by atoms with van der Waals surface area (Å²) >= 11 is 1.28. The van der Waals surface area contributed by atoms with Crippen LogP contribution in [0.5, 0.6) is 5.75 Å². The predicted molar refractivity (Wildman–Crippen MR) is 98.8 cm³/mol. The Morgan fingerprint density at radius 1 is 0.960 bits per heavy atom. The van der Waals surface area contributed by atoms with Gasteiger partial charge in [0.2, 0.25) is 0 Å². The van der Waals surface area contributed by atoms with E-state index in [0.717, 1.165) is 10.1 Å². The van der Waals surface area contributed by atoms with Crippen molar-refractivity contribution in [3.05, 3.63) is 53.4 Å². The zero-order valence-electron chi connectivity index (χ0n) is 13.7. The number of rotatable bonds is 4. The van der Waals surface area contributed by atoms with E-state index >= 15 is 0 Å². The lowest BCUT2D eigenvalue weighted by Crippen LogP contribution is -2.19. The summed E-state index contributed by atoms with van der Waals surface area (Å²) < 4.78 is 11.0. The topological polar surface area (TPSA) is 76.7 Å². The van der Waals surface area contributed by atoms with Crippen molar-refractivity contribution in [1.82, 2.24) is 0 Å². The van der Waals surface area contributed by atoms with E-state index < -0.39 is 5.97 Å². The Balaban J connectivity index is 1.85. The van der Waals surface area contributed by atoms with E-state index in [1.165, 1.54) is 25.6 Å². The van der Waals surface area contributed by atoms with Crippen molar-refractivity contribution in [1.29, 1.82) is 0 Å². The molecule has 1 aromatic heterocycles. The molecule has 6 nitrogen and oxygen atoms in total. The number of thiophene rings is 1. The molecule has 0 unspecified atom stereocenters. The van der Waals surface area contributed by atoms with Crippen LogP contribution in [-0.2, 0) is 4.74 Å². The minimum Gasteiger partial charge on any atom is -0.494 e. The fourth-order valence-corrected chi connectivity index (χ4v) is 3.47. The van der Waals surface area contributed by atoms with Gasteiger partial charge in [-0.25, -0.2) is 9.59 Å². The van der Waals surface area contributed by atoms with Crippen LogP contribution in [0.4, 0.5) is 16.2 Å². The summed E-state index contributed by atoms with van der Waals surface area (Å²) in [5.74, 6) is -0.00616. The fourth-order valence-electron chi connectivity index (χ4n) is 2.40. The minimum absolute atomic E-state index is 0.354. The molecule has 0 saturated heterocycles. The number of methoxy groups -OCH3 is 2. The molecule has 0 aliphatic carbocycles. The number of nitrogens with one attached hydrogen (secondary N) is 2. The Morgan fingerprint density at radius 2 is 1.68 bits per heavy atom. The van der Waals surface area contributed by atoms with Gasteiger partial charge in [-0.05, 0) is 30.3 Å². The van der Waals surface area contributed by atoms with Crippen LogP contribution in [-0.4, -0.2) is 26.2 Å². The van der Waals surface area contributed by atoms with E-state index in [0.29, 0.717) is 22.0 Å². The second-order valence-corrected chi connectivity index (χ2v) is 6.16. The van der Waals surface area contributed by atoms with E-state index in [1.54, 1.807) is 24.3 Å². The zero-order valence-corrected chi connectivity index (χ0v) is 14.5. The van der Waals surface area contributed by atoms with Crippen LogP contribution in [0.1, 0.15) is 9.67 Å². The summed E-state index contributed by atoms with van der Waals surface area (Å²) in [6, 6.07) is 14.2. The molecule has 3 rings (SSSR count). The maximum atomic E-state index is 12.1. The van der Waals surface area contributed by atoms with Gasteiger partial charge >= 0.3 is 12.0 Å². The quantitative estimate of drug-likeness (QED) is 0.682. The number of carbonyl (C=O) groups excluding carboxylic acids is 2. The van der Waals surface area contributed by atoms with Gasteiger partial charge in [-0.3, -0.25) is 0 Å². The van der Waals surface area contributed by atoms with Gasteiger partial charge < -0.3 is 20.1 Å². The normalized spacial score (nSPS) is 10.3. The van der Waals surface area contributed by atoms with Gasteiger partial charge in [0.25, 0.3) is 0 Å². The molecule has 2 aromatic carbocycles. The number of esters is 1. The van der Waals surface area contributed by atoms with Gasteiger partial charge in [-0.2, -0.15) is 0 Å². The highest BCUT2D eigenvalue weighted by Gasteiger charge is 2.20. The van der Waals surface area contributed by atoms with Crippen LogP contribution in [0, 0.1) is 0 Å². The summed E-state index contributed by atoms with van der Waals surface area (Å²) in [5, 5.41) is 6.26. The average molecular weight is 356 g/mol. The molecule has 0 radical (unpaired) electrons. The Labute approximate surface area is 148 Å². The first-order valence-corrected chi connectivity index (χ1v) is 8.26. The van der Waals surface area contributed by atoms with E-state index in [4.69, 9.17) is 9.47 Å². The second kappa shape index (κ2) is 7.23. The van der Waals surface area contributed by atoms with Gasteiger partial charge in [0.1, 0.15) is 0 Å². The van der Waals surface area contributed by atoms with Gasteiger partial charge in [0.15, 0.2) is 10.6 Å². The van der Waals surface area contributed by atoms with Crippen molar-refractivity contribution >= 4 is 44.8 Å². The highest BCUT2D eigenvalue weighted by Crippen LogP contribution is 2.39. The maximum absolute atomic E-state index is 12.1. The molecule has 0 bridgehead atoms. The number of fused-ring (bicyclic) bond motifs is 1. The van der Waals surface area contributed by atoms with Gasteiger partial charge in [-0.15, -0.1) is 11.3 Å². The molecule has 7 heteroatoms. The molecular formula is C18H16N2O4S. The molecule has 0 aliphatic rings. The number of amides is 2. The molecule has 128 valence electrons. The highest BCUT2D eigenvalue weighted by atomic mass is 32.1. The zero-order chi connectivity index (χ0) is 17.8. The number of urea groups is 1. The lowest BCUT2D eigenvalue weighted by atomic mass is 10.2. The second-order valence-electron chi connectivity index (χ2n) is 5.11. The molecule has 0 atom stereocenters. The number of ether oxygens (including phenoxy) is 2. The van der Waals surface area contributed by atoms with Crippen molar-refractivity contribution in [2.24, 2.45) is 0 Å². The Morgan fingerprint density at radius 3 is 2.36 bits per heavy atom. The first-order valence-electron chi connectivity index (χ1n) is 7.44. The molecule has 0 spiro atoms. The number of hydrogen-bond donors (Lipinski definition) is 2. The lowest BCUT2D eigenvalue weighted by Gasteiger charge is -2.08. The van der Waals surface area contributed by atoms with Gasteiger partial charge in [0.05, 0.1) is 14.2 Å². The van der Waals surface area contributed by atoms with Gasteiger partial charge in [-0.1, -0.05) is 18.2 Å². The van der Waals surface area contributed by atoms with Crippen LogP contribution in [0.25, 0.3) is 10.1 Å². The van der Waals surface area contributed by atoms with E-state index in [2.05, 4.69) is 10.6 Å². The van der Waals surface area contributed by atoms with Crippen LogP contribution >= 0.6 is 11.3 Å². The maximum Gasteiger partial charge on any atom is 0.351 e. The fraction of sp³-hybridized carbons (Fsp3) is 0.111. The SMILES string of the molecule is COC(=O)c1sc2ccc(NC(=O)Nc3ccccc3)cc2c1OC. The lowest BCUT2D eigenvalue weighted by molar-refractivity contribution is 0.0603. The molecule has 1 heterocycles. The number of para-hydroxylation sites is 1. The Hall–Kier alpha value is -3.06. The summed E-state index contributed by atoms with van der Waals surface area (Å²) in [6.07, 6.45) is 0. The smallest absolute Gasteiger partial charge is 0.351 e. The van der Waals surface area contributed by atoms with E-state index in [-0.39, 0.29) is 6.03 Å². The number of hydrogen-bond acceptors (Lipinski definition) is 5. The monoisotopic (exact) mass is 356 g/mol. The molecule has 3 aromatic rings. The molecule has 2 amide bonds. The Bertz CT molecular complexity index is 921. The van der Waals surface area contributed by atoms with Crippen LogP contribution in [0.3, 0.4) is 0 Å². The molecule has 0 saturated carbocycles. The number of carbonyl (C=O) groups is 2. The highest BCUT2D eigenvalue weighted by molar-refractivity contribution is 7.21. The molecule has 0 fully saturated rings. The van der Waals surface area contributed by atoms with Crippen LogP contribution < -0.4 is 15.4 Å². The summed E-state index contributed by atoms with van der Waals surface area (Å²) in [7, 11) is 2.82. The number of anilines is 2. The van der Waals surface area contributed by atoms with Crippen molar-refractivity contribution in [2.75, 3.05) is 24.9 Å². The van der Waals surface area contributed by atoms with Crippen molar-refractivity contribution in [3.63, 3.8) is 0 Å². The minimum atomic E-state index is -0.450. The van der Waals surface area contributed by atoms with Crippen molar-refractivity contribution in [3.8, 4) is 5.75 Å². The summed E-state index contributed by atoms with van der Waals surface area (Å²) in [4.78, 5) is 24.4. The first kappa shape index (κ1) is 16.8. The van der Waals surface area contributed by atoms with E-state index in [9.17, 15) is 9.59 Å². The van der Waals surface area contributed by atoms with Crippen LogP contribution in [0.15, 0.2) is 48.5 Å².